The monoisotopic (exact) mass is 464 g/mol. The van der Waals surface area contributed by atoms with Crippen LogP contribution in [0.5, 0.6) is 0 Å². The van der Waals surface area contributed by atoms with E-state index in [-0.39, 0.29) is 16.9 Å². The molecule has 2 heterocycles. The standard InChI is InChI=1S/C21H24ClFN2O2.C4H10O/c1-13-15(11-18(26)27)20(25-9-7-21(2,3)8-10-25)16(12-24-13)14-5-4-6-17(22)19(14)23;1-4(2,3)5/h4-6,12H,7-11H2,1-3H3,(H,26,27);5H,1-3H3. The average molecular weight is 465 g/mol. The van der Waals surface area contributed by atoms with Crippen molar-refractivity contribution in [3.8, 4) is 11.1 Å². The van der Waals surface area contributed by atoms with Gasteiger partial charge in [-0.15, -0.1) is 0 Å². The van der Waals surface area contributed by atoms with Crippen LogP contribution in [0.25, 0.3) is 11.1 Å². The highest BCUT2D eigenvalue weighted by Crippen LogP contribution is 2.41. The van der Waals surface area contributed by atoms with Crippen molar-refractivity contribution >= 4 is 23.3 Å². The molecule has 2 aromatic rings. The minimum atomic E-state index is -0.929. The molecule has 0 aliphatic carbocycles. The summed E-state index contributed by atoms with van der Waals surface area (Å²) < 4.78 is 14.8. The number of carbonyl (C=O) groups is 1. The number of aliphatic hydroxyl groups is 1. The molecule has 0 radical (unpaired) electrons. The van der Waals surface area contributed by atoms with Gasteiger partial charge in [0.1, 0.15) is 5.82 Å². The molecule has 3 rings (SSSR count). The van der Waals surface area contributed by atoms with Crippen LogP contribution in [0.1, 0.15) is 58.7 Å². The molecule has 1 aliphatic rings. The molecule has 0 amide bonds. The second-order valence-corrected chi connectivity index (χ2v) is 10.5. The molecule has 1 saturated heterocycles. The number of carboxylic acids is 1. The molecule has 1 aromatic heterocycles. The Kier molecular flexibility index (Phi) is 8.29. The predicted molar refractivity (Wildman–Crippen MR) is 128 cm³/mol. The quantitative estimate of drug-likeness (QED) is 0.591. The van der Waals surface area contributed by atoms with Crippen LogP contribution < -0.4 is 4.90 Å². The number of pyridine rings is 1. The topological polar surface area (TPSA) is 73.7 Å². The van der Waals surface area contributed by atoms with E-state index in [1.165, 1.54) is 6.07 Å². The maximum atomic E-state index is 14.8. The lowest BCUT2D eigenvalue weighted by Gasteiger charge is -2.40. The number of halogens is 2. The molecule has 0 unspecified atom stereocenters. The Morgan fingerprint density at radius 3 is 2.31 bits per heavy atom. The second-order valence-electron chi connectivity index (χ2n) is 10.1. The molecule has 0 bridgehead atoms. The van der Waals surface area contributed by atoms with Crippen LogP contribution in [-0.2, 0) is 11.2 Å². The van der Waals surface area contributed by atoms with E-state index in [1.54, 1.807) is 46.0 Å². The zero-order chi connectivity index (χ0) is 24.3. The smallest absolute Gasteiger partial charge is 0.307 e. The van der Waals surface area contributed by atoms with Crippen molar-refractivity contribution in [1.29, 1.82) is 0 Å². The molecule has 2 N–H and O–H groups in total. The zero-order valence-corrected chi connectivity index (χ0v) is 20.6. The van der Waals surface area contributed by atoms with Crippen LogP contribution in [0.15, 0.2) is 24.4 Å². The number of aromatic nitrogens is 1. The van der Waals surface area contributed by atoms with Crippen LogP contribution in [-0.4, -0.2) is 39.9 Å². The maximum absolute atomic E-state index is 14.8. The molecule has 176 valence electrons. The lowest BCUT2D eigenvalue weighted by Crippen LogP contribution is -2.38. The zero-order valence-electron chi connectivity index (χ0n) is 19.8. The van der Waals surface area contributed by atoms with Gasteiger partial charge in [0.25, 0.3) is 0 Å². The van der Waals surface area contributed by atoms with Gasteiger partial charge in [0.05, 0.1) is 22.7 Å². The number of nitrogens with zero attached hydrogens (tertiary/aromatic N) is 2. The molecule has 7 heteroatoms. The third kappa shape index (κ3) is 7.17. The highest BCUT2D eigenvalue weighted by Gasteiger charge is 2.30. The summed E-state index contributed by atoms with van der Waals surface area (Å²) in [7, 11) is 0. The van der Waals surface area contributed by atoms with Gasteiger partial charge in [0.15, 0.2) is 0 Å². The Morgan fingerprint density at radius 2 is 1.78 bits per heavy atom. The van der Waals surface area contributed by atoms with Crippen LogP contribution >= 0.6 is 11.6 Å². The lowest BCUT2D eigenvalue weighted by molar-refractivity contribution is -0.136. The summed E-state index contributed by atoms with van der Waals surface area (Å²) >= 11 is 5.99. The summed E-state index contributed by atoms with van der Waals surface area (Å²) in [5.41, 5.74) is 2.75. The Morgan fingerprint density at radius 1 is 1.22 bits per heavy atom. The molecule has 1 aromatic carbocycles. The molecule has 0 spiro atoms. The van der Waals surface area contributed by atoms with Crippen molar-refractivity contribution in [1.82, 2.24) is 4.98 Å². The third-order valence-electron chi connectivity index (χ3n) is 5.37. The van der Waals surface area contributed by atoms with Crippen LogP contribution in [0.3, 0.4) is 0 Å². The van der Waals surface area contributed by atoms with Gasteiger partial charge in [-0.2, -0.15) is 0 Å². The Labute approximate surface area is 195 Å². The van der Waals surface area contributed by atoms with Gasteiger partial charge in [-0.05, 0) is 52.0 Å². The average Bonchev–Trinajstić information content (AvgIpc) is 2.64. The predicted octanol–water partition coefficient (Wildman–Crippen LogP) is 5.88. The Balaban J connectivity index is 0.000000654. The first-order valence-corrected chi connectivity index (χ1v) is 11.2. The summed E-state index contributed by atoms with van der Waals surface area (Å²) in [5, 5.41) is 18.0. The summed E-state index contributed by atoms with van der Waals surface area (Å²) in [4.78, 5) is 18.0. The van der Waals surface area contributed by atoms with E-state index < -0.39 is 17.4 Å². The van der Waals surface area contributed by atoms with E-state index in [0.717, 1.165) is 31.6 Å². The van der Waals surface area contributed by atoms with E-state index in [1.807, 2.05) is 0 Å². The second kappa shape index (κ2) is 10.2. The number of hydrogen-bond acceptors (Lipinski definition) is 4. The van der Waals surface area contributed by atoms with Gasteiger partial charge in [0.2, 0.25) is 0 Å². The normalized spacial score (nSPS) is 15.7. The van der Waals surface area contributed by atoms with Gasteiger partial charge in [-0.1, -0.05) is 37.6 Å². The number of anilines is 1. The van der Waals surface area contributed by atoms with Crippen LogP contribution in [0, 0.1) is 18.2 Å². The van der Waals surface area contributed by atoms with Crippen molar-refractivity contribution in [2.75, 3.05) is 18.0 Å². The first-order valence-electron chi connectivity index (χ1n) is 10.8. The SMILES string of the molecule is CC(C)(C)O.Cc1ncc(-c2cccc(Cl)c2F)c(N2CCC(C)(C)CC2)c1CC(=O)O. The number of piperidine rings is 1. The lowest BCUT2D eigenvalue weighted by atomic mass is 9.82. The van der Waals surface area contributed by atoms with E-state index in [0.29, 0.717) is 22.4 Å². The highest BCUT2D eigenvalue weighted by atomic mass is 35.5. The summed E-state index contributed by atoms with van der Waals surface area (Å²) in [6, 6.07) is 4.86. The largest absolute Gasteiger partial charge is 0.481 e. The van der Waals surface area contributed by atoms with Gasteiger partial charge < -0.3 is 15.1 Å². The summed E-state index contributed by atoms with van der Waals surface area (Å²) in [5.74, 6) is -1.44. The number of benzene rings is 1. The first kappa shape index (κ1) is 26.1. The maximum Gasteiger partial charge on any atom is 0.307 e. The minimum Gasteiger partial charge on any atom is -0.481 e. The van der Waals surface area contributed by atoms with Gasteiger partial charge >= 0.3 is 5.97 Å². The molecule has 5 nitrogen and oxygen atoms in total. The summed E-state index contributed by atoms with van der Waals surface area (Å²) in [6.07, 6.45) is 3.45. The fourth-order valence-electron chi connectivity index (χ4n) is 3.60. The summed E-state index contributed by atoms with van der Waals surface area (Å²) in [6.45, 7) is 13.1. The number of hydrogen-bond donors (Lipinski definition) is 2. The number of rotatable bonds is 4. The third-order valence-corrected chi connectivity index (χ3v) is 5.66. The van der Waals surface area contributed by atoms with Gasteiger partial charge in [0, 0.05) is 41.7 Å². The first-order chi connectivity index (χ1) is 14.7. The van der Waals surface area contributed by atoms with Crippen molar-refractivity contribution in [3.63, 3.8) is 0 Å². The van der Waals surface area contributed by atoms with Crippen LogP contribution in [0.4, 0.5) is 10.1 Å². The molecule has 0 saturated carbocycles. The van der Waals surface area contributed by atoms with E-state index in [4.69, 9.17) is 16.7 Å². The number of aryl methyl sites for hydroxylation is 1. The highest BCUT2D eigenvalue weighted by molar-refractivity contribution is 6.31. The minimum absolute atomic E-state index is 0.0404. The fourth-order valence-corrected chi connectivity index (χ4v) is 3.78. The van der Waals surface area contributed by atoms with Gasteiger partial charge in [-0.25, -0.2) is 4.39 Å². The van der Waals surface area contributed by atoms with E-state index >= 15 is 0 Å². The fraction of sp³-hybridized carbons (Fsp3) is 0.520. The molecule has 1 fully saturated rings. The van der Waals surface area contributed by atoms with Crippen molar-refractivity contribution < 1.29 is 19.4 Å². The molecular formula is C25H34ClFN2O3. The van der Waals surface area contributed by atoms with Crippen molar-refractivity contribution in [2.45, 2.75) is 66.4 Å². The molecular weight excluding hydrogens is 431 g/mol. The van der Waals surface area contributed by atoms with Crippen molar-refractivity contribution in [2.24, 2.45) is 5.41 Å². The molecule has 32 heavy (non-hydrogen) atoms. The number of aliphatic carboxylic acids is 1. The van der Waals surface area contributed by atoms with E-state index in [9.17, 15) is 14.3 Å². The Bertz CT molecular complexity index is 954. The van der Waals surface area contributed by atoms with Gasteiger partial charge in [-0.3, -0.25) is 9.78 Å². The molecule has 0 atom stereocenters. The van der Waals surface area contributed by atoms with Crippen LogP contribution in [0.2, 0.25) is 5.02 Å². The Hall–Kier alpha value is -2.18. The number of carboxylic acid groups (broad SMARTS) is 1. The van der Waals surface area contributed by atoms with E-state index in [2.05, 4.69) is 23.7 Å². The van der Waals surface area contributed by atoms with Crippen molar-refractivity contribution in [3.05, 3.63) is 46.5 Å². The molecule has 1 aliphatic heterocycles.